The summed E-state index contributed by atoms with van der Waals surface area (Å²) in [5.41, 5.74) is 1.14. The SMILES string of the molecule is CC(NCC1CCCS1)c1ccccn1. The zero-order valence-electron chi connectivity index (χ0n) is 9.15. The lowest BCUT2D eigenvalue weighted by Gasteiger charge is -2.16. The zero-order chi connectivity index (χ0) is 10.5. The fraction of sp³-hybridized carbons (Fsp3) is 0.583. The van der Waals surface area contributed by atoms with Crippen molar-refractivity contribution in [2.45, 2.75) is 31.1 Å². The molecule has 0 radical (unpaired) electrons. The number of aromatic nitrogens is 1. The van der Waals surface area contributed by atoms with Gasteiger partial charge in [-0.15, -0.1) is 0 Å². The zero-order valence-corrected chi connectivity index (χ0v) is 9.96. The highest BCUT2D eigenvalue weighted by Crippen LogP contribution is 2.25. The average molecular weight is 222 g/mol. The summed E-state index contributed by atoms with van der Waals surface area (Å²) < 4.78 is 0. The summed E-state index contributed by atoms with van der Waals surface area (Å²) in [5.74, 6) is 1.34. The summed E-state index contributed by atoms with van der Waals surface area (Å²) in [6.07, 6.45) is 4.61. The summed E-state index contributed by atoms with van der Waals surface area (Å²) >= 11 is 2.10. The lowest BCUT2D eigenvalue weighted by molar-refractivity contribution is 0.549. The van der Waals surface area contributed by atoms with E-state index in [0.717, 1.165) is 17.5 Å². The van der Waals surface area contributed by atoms with Crippen molar-refractivity contribution < 1.29 is 0 Å². The third-order valence-corrected chi connectivity index (χ3v) is 4.21. The van der Waals surface area contributed by atoms with Crippen LogP contribution in [0.2, 0.25) is 0 Å². The van der Waals surface area contributed by atoms with E-state index in [0.29, 0.717) is 6.04 Å². The van der Waals surface area contributed by atoms with Crippen LogP contribution in [0.4, 0.5) is 0 Å². The first-order chi connectivity index (χ1) is 7.36. The van der Waals surface area contributed by atoms with Gasteiger partial charge < -0.3 is 5.32 Å². The van der Waals surface area contributed by atoms with E-state index in [1.165, 1.54) is 18.6 Å². The van der Waals surface area contributed by atoms with Gasteiger partial charge in [0.2, 0.25) is 0 Å². The number of hydrogen-bond acceptors (Lipinski definition) is 3. The Hall–Kier alpha value is -0.540. The van der Waals surface area contributed by atoms with Gasteiger partial charge in [0.15, 0.2) is 0 Å². The Morgan fingerprint density at radius 1 is 1.60 bits per heavy atom. The molecule has 1 aliphatic heterocycles. The van der Waals surface area contributed by atoms with Crippen molar-refractivity contribution in [3.8, 4) is 0 Å². The first-order valence-electron chi connectivity index (χ1n) is 5.62. The summed E-state index contributed by atoms with van der Waals surface area (Å²) in [6.45, 7) is 3.30. The minimum atomic E-state index is 0.368. The standard InChI is InChI=1S/C12H18N2S/c1-10(12-6-2-3-7-13-12)14-9-11-5-4-8-15-11/h2-3,6-7,10-11,14H,4-5,8-9H2,1H3. The molecule has 3 heteroatoms. The molecule has 1 aliphatic rings. The van der Waals surface area contributed by atoms with Gasteiger partial charge in [0.1, 0.15) is 0 Å². The van der Waals surface area contributed by atoms with E-state index in [1.807, 2.05) is 18.3 Å². The lowest BCUT2D eigenvalue weighted by Crippen LogP contribution is -2.26. The summed E-state index contributed by atoms with van der Waals surface area (Å²) in [5, 5.41) is 4.37. The number of thioether (sulfide) groups is 1. The van der Waals surface area contributed by atoms with Gasteiger partial charge in [-0.25, -0.2) is 0 Å². The van der Waals surface area contributed by atoms with E-state index in [4.69, 9.17) is 0 Å². The van der Waals surface area contributed by atoms with Gasteiger partial charge in [-0.1, -0.05) is 6.07 Å². The molecule has 2 nitrogen and oxygen atoms in total. The molecule has 0 aromatic carbocycles. The molecule has 82 valence electrons. The molecule has 2 rings (SSSR count). The summed E-state index contributed by atoms with van der Waals surface area (Å²) in [4.78, 5) is 4.35. The van der Waals surface area contributed by atoms with Gasteiger partial charge in [-0.3, -0.25) is 4.98 Å². The van der Waals surface area contributed by atoms with Crippen LogP contribution in [0.15, 0.2) is 24.4 Å². The summed E-state index contributed by atoms with van der Waals surface area (Å²) in [6, 6.07) is 6.46. The van der Waals surface area contributed by atoms with Crippen LogP contribution in [0.5, 0.6) is 0 Å². The van der Waals surface area contributed by atoms with Gasteiger partial charge in [0.05, 0.1) is 5.69 Å². The normalized spacial score (nSPS) is 22.9. The molecule has 2 heterocycles. The molecule has 0 spiro atoms. The average Bonchev–Trinajstić information content (AvgIpc) is 2.80. The van der Waals surface area contributed by atoms with Crippen LogP contribution in [0.1, 0.15) is 31.5 Å². The van der Waals surface area contributed by atoms with E-state index in [9.17, 15) is 0 Å². The number of nitrogens with one attached hydrogen (secondary N) is 1. The van der Waals surface area contributed by atoms with E-state index in [-0.39, 0.29) is 0 Å². The van der Waals surface area contributed by atoms with Gasteiger partial charge in [-0.05, 0) is 37.7 Å². The van der Waals surface area contributed by atoms with E-state index in [1.54, 1.807) is 0 Å². The van der Waals surface area contributed by atoms with Crippen molar-refractivity contribution in [1.82, 2.24) is 10.3 Å². The maximum absolute atomic E-state index is 4.35. The van der Waals surface area contributed by atoms with Crippen molar-refractivity contribution in [3.63, 3.8) is 0 Å². The first kappa shape index (κ1) is 11.0. The Labute approximate surface area is 95.9 Å². The molecule has 15 heavy (non-hydrogen) atoms. The second-order valence-corrected chi connectivity index (χ2v) is 5.43. The minimum absolute atomic E-state index is 0.368. The Bertz CT molecular complexity index is 283. The molecule has 1 fully saturated rings. The number of nitrogens with zero attached hydrogens (tertiary/aromatic N) is 1. The lowest BCUT2D eigenvalue weighted by atomic mass is 10.2. The van der Waals surface area contributed by atoms with E-state index in [2.05, 4.69) is 35.1 Å². The molecular weight excluding hydrogens is 204 g/mol. The molecule has 0 saturated carbocycles. The highest BCUT2D eigenvalue weighted by atomic mass is 32.2. The molecule has 2 atom stereocenters. The van der Waals surface area contributed by atoms with E-state index >= 15 is 0 Å². The number of hydrogen-bond donors (Lipinski definition) is 1. The highest BCUT2D eigenvalue weighted by Gasteiger charge is 2.16. The second-order valence-electron chi connectivity index (χ2n) is 4.02. The highest BCUT2D eigenvalue weighted by molar-refractivity contribution is 8.00. The van der Waals surface area contributed by atoms with Crippen LogP contribution in [-0.4, -0.2) is 22.5 Å². The molecule has 1 aromatic heterocycles. The van der Waals surface area contributed by atoms with Crippen LogP contribution in [0.25, 0.3) is 0 Å². The predicted molar refractivity (Wildman–Crippen MR) is 66.1 cm³/mol. The third kappa shape index (κ3) is 3.21. The monoisotopic (exact) mass is 222 g/mol. The third-order valence-electron chi connectivity index (χ3n) is 2.81. The van der Waals surface area contributed by atoms with Crippen LogP contribution in [-0.2, 0) is 0 Å². The van der Waals surface area contributed by atoms with Crippen LogP contribution >= 0.6 is 11.8 Å². The fourth-order valence-electron chi connectivity index (χ4n) is 1.85. The van der Waals surface area contributed by atoms with E-state index < -0.39 is 0 Å². The van der Waals surface area contributed by atoms with Gasteiger partial charge in [0.25, 0.3) is 0 Å². The maximum atomic E-state index is 4.35. The largest absolute Gasteiger partial charge is 0.308 e. The fourth-order valence-corrected chi connectivity index (χ4v) is 3.06. The topological polar surface area (TPSA) is 24.9 Å². The van der Waals surface area contributed by atoms with Gasteiger partial charge in [-0.2, -0.15) is 11.8 Å². The second kappa shape index (κ2) is 5.52. The molecule has 0 aliphatic carbocycles. The first-order valence-corrected chi connectivity index (χ1v) is 6.67. The summed E-state index contributed by atoms with van der Waals surface area (Å²) in [7, 11) is 0. The van der Waals surface area contributed by atoms with Crippen molar-refractivity contribution in [3.05, 3.63) is 30.1 Å². The van der Waals surface area contributed by atoms with Crippen molar-refractivity contribution in [2.24, 2.45) is 0 Å². The Kier molecular flexibility index (Phi) is 4.03. The van der Waals surface area contributed by atoms with Crippen LogP contribution < -0.4 is 5.32 Å². The minimum Gasteiger partial charge on any atom is -0.308 e. The molecule has 0 amide bonds. The molecule has 1 saturated heterocycles. The molecule has 0 bridgehead atoms. The quantitative estimate of drug-likeness (QED) is 0.847. The number of pyridine rings is 1. The van der Waals surface area contributed by atoms with Crippen LogP contribution in [0, 0.1) is 0 Å². The van der Waals surface area contributed by atoms with Gasteiger partial charge >= 0.3 is 0 Å². The Morgan fingerprint density at radius 3 is 3.20 bits per heavy atom. The maximum Gasteiger partial charge on any atom is 0.0570 e. The number of rotatable bonds is 4. The van der Waals surface area contributed by atoms with Gasteiger partial charge in [0, 0.05) is 24.0 Å². The van der Waals surface area contributed by atoms with Crippen molar-refractivity contribution in [2.75, 3.05) is 12.3 Å². The molecular formula is C12H18N2S. The van der Waals surface area contributed by atoms with Crippen molar-refractivity contribution in [1.29, 1.82) is 0 Å². The van der Waals surface area contributed by atoms with Crippen LogP contribution in [0.3, 0.4) is 0 Å². The molecule has 1 aromatic rings. The smallest absolute Gasteiger partial charge is 0.0570 e. The Morgan fingerprint density at radius 2 is 2.53 bits per heavy atom. The predicted octanol–water partition coefficient (Wildman–Crippen LogP) is 2.63. The molecule has 2 unspecified atom stereocenters. The molecule has 1 N–H and O–H groups in total. The van der Waals surface area contributed by atoms with Crippen molar-refractivity contribution >= 4 is 11.8 Å². The Balaban J connectivity index is 1.79.